The SMILES string of the molecule is OCC12CC3C[C@@H](C1)C(O)[C@@H](C3)C2. The van der Waals surface area contributed by atoms with E-state index in [9.17, 15) is 10.2 Å². The van der Waals surface area contributed by atoms with Crippen LogP contribution < -0.4 is 0 Å². The fourth-order valence-corrected chi connectivity index (χ4v) is 4.36. The molecule has 4 aliphatic rings. The van der Waals surface area contributed by atoms with Crippen LogP contribution in [0.3, 0.4) is 0 Å². The number of hydrogen-bond donors (Lipinski definition) is 2. The summed E-state index contributed by atoms with van der Waals surface area (Å²) >= 11 is 0. The number of hydrogen-bond acceptors (Lipinski definition) is 2. The van der Waals surface area contributed by atoms with Crippen LogP contribution in [0, 0.1) is 23.2 Å². The third kappa shape index (κ3) is 1.02. The lowest BCUT2D eigenvalue weighted by molar-refractivity contribution is -0.147. The fraction of sp³-hybridized carbons (Fsp3) is 1.00. The molecule has 0 aliphatic heterocycles. The minimum absolute atomic E-state index is 0.0452. The van der Waals surface area contributed by atoms with Gasteiger partial charge in [-0.05, 0) is 55.3 Å². The normalized spacial score (nSPS) is 58.6. The van der Waals surface area contributed by atoms with Crippen molar-refractivity contribution in [2.75, 3.05) is 6.61 Å². The molecule has 0 radical (unpaired) electrons. The molecule has 0 aromatic rings. The molecular weight excluding hydrogens is 164 g/mol. The molecule has 74 valence electrons. The minimum Gasteiger partial charge on any atom is -0.396 e. The maximum atomic E-state index is 9.96. The van der Waals surface area contributed by atoms with Gasteiger partial charge in [-0.25, -0.2) is 0 Å². The summed E-state index contributed by atoms with van der Waals surface area (Å²) in [5.74, 6) is 1.84. The van der Waals surface area contributed by atoms with Crippen LogP contribution in [-0.4, -0.2) is 22.9 Å². The van der Waals surface area contributed by atoms with Crippen LogP contribution in [0.1, 0.15) is 32.1 Å². The Kier molecular flexibility index (Phi) is 1.58. The molecule has 2 nitrogen and oxygen atoms in total. The molecule has 2 N–H and O–H groups in total. The average Bonchev–Trinajstić information content (AvgIpc) is 2.13. The summed E-state index contributed by atoms with van der Waals surface area (Å²) < 4.78 is 0. The third-order valence-corrected chi connectivity index (χ3v) is 4.69. The van der Waals surface area contributed by atoms with Gasteiger partial charge in [-0.2, -0.15) is 0 Å². The molecule has 0 aromatic carbocycles. The second kappa shape index (κ2) is 2.48. The molecule has 0 saturated heterocycles. The molecular formula is C11H18O2. The second-order valence-electron chi connectivity index (χ2n) is 5.62. The maximum absolute atomic E-state index is 9.96. The van der Waals surface area contributed by atoms with Crippen LogP contribution in [0.15, 0.2) is 0 Å². The topological polar surface area (TPSA) is 40.5 Å². The van der Waals surface area contributed by atoms with Gasteiger partial charge in [0.25, 0.3) is 0 Å². The Hall–Kier alpha value is -0.0800. The predicted octanol–water partition coefficient (Wildman–Crippen LogP) is 1.17. The van der Waals surface area contributed by atoms with Gasteiger partial charge in [-0.15, -0.1) is 0 Å². The van der Waals surface area contributed by atoms with E-state index in [1.807, 2.05) is 0 Å². The zero-order chi connectivity index (χ0) is 9.05. The standard InChI is InChI=1S/C11H18O2/c12-6-11-3-7-1-8(4-11)10(13)9(2-7)5-11/h7-10,12-13H,1-6H2/t7?,8-,9-,10?,11?/m0/s1. The Morgan fingerprint density at radius 1 is 1.08 bits per heavy atom. The van der Waals surface area contributed by atoms with E-state index in [1.54, 1.807) is 0 Å². The lowest BCUT2D eigenvalue weighted by Crippen LogP contribution is -2.54. The van der Waals surface area contributed by atoms with E-state index in [0.717, 1.165) is 18.8 Å². The average molecular weight is 182 g/mol. The van der Waals surface area contributed by atoms with Crippen molar-refractivity contribution >= 4 is 0 Å². The maximum Gasteiger partial charge on any atom is 0.0597 e. The van der Waals surface area contributed by atoms with Crippen LogP contribution in [0.5, 0.6) is 0 Å². The van der Waals surface area contributed by atoms with Gasteiger partial charge in [0, 0.05) is 6.61 Å². The molecule has 4 saturated carbocycles. The highest BCUT2D eigenvalue weighted by Crippen LogP contribution is 2.59. The molecule has 0 heterocycles. The van der Waals surface area contributed by atoms with Crippen molar-refractivity contribution in [3.05, 3.63) is 0 Å². The van der Waals surface area contributed by atoms with E-state index in [0.29, 0.717) is 18.4 Å². The third-order valence-electron chi connectivity index (χ3n) is 4.69. The molecule has 4 bridgehead atoms. The van der Waals surface area contributed by atoms with Gasteiger partial charge in [0.15, 0.2) is 0 Å². The number of rotatable bonds is 1. The summed E-state index contributed by atoms with van der Waals surface area (Å²) in [6, 6.07) is 0. The molecule has 4 fully saturated rings. The van der Waals surface area contributed by atoms with Crippen molar-refractivity contribution < 1.29 is 10.2 Å². The van der Waals surface area contributed by atoms with Gasteiger partial charge in [0.1, 0.15) is 0 Å². The largest absolute Gasteiger partial charge is 0.396 e. The Balaban J connectivity index is 1.92. The first-order chi connectivity index (χ1) is 6.22. The summed E-state index contributed by atoms with van der Waals surface area (Å²) in [5.41, 5.74) is 0.218. The van der Waals surface area contributed by atoms with E-state index in [-0.39, 0.29) is 11.5 Å². The fourth-order valence-electron chi connectivity index (χ4n) is 4.36. The van der Waals surface area contributed by atoms with Gasteiger partial charge in [0.05, 0.1) is 6.10 Å². The summed E-state index contributed by atoms with van der Waals surface area (Å²) in [5, 5.41) is 19.4. The van der Waals surface area contributed by atoms with Crippen molar-refractivity contribution in [1.29, 1.82) is 0 Å². The summed E-state index contributed by atoms with van der Waals surface area (Å²) in [7, 11) is 0. The van der Waals surface area contributed by atoms with Crippen LogP contribution in [0.2, 0.25) is 0 Å². The van der Waals surface area contributed by atoms with Gasteiger partial charge in [-0.3, -0.25) is 0 Å². The smallest absolute Gasteiger partial charge is 0.0597 e. The lowest BCUT2D eigenvalue weighted by Gasteiger charge is -2.58. The van der Waals surface area contributed by atoms with E-state index in [2.05, 4.69) is 0 Å². The zero-order valence-electron chi connectivity index (χ0n) is 7.95. The number of aliphatic hydroxyl groups is 2. The monoisotopic (exact) mass is 182 g/mol. The Bertz CT molecular complexity index is 210. The minimum atomic E-state index is -0.0452. The summed E-state index contributed by atoms with van der Waals surface area (Å²) in [4.78, 5) is 0. The van der Waals surface area contributed by atoms with Gasteiger partial charge < -0.3 is 10.2 Å². The molecule has 0 amide bonds. The molecule has 2 atom stereocenters. The molecule has 2 heteroatoms. The zero-order valence-corrected chi connectivity index (χ0v) is 7.95. The molecule has 13 heavy (non-hydrogen) atoms. The van der Waals surface area contributed by atoms with Crippen molar-refractivity contribution in [1.82, 2.24) is 0 Å². The summed E-state index contributed by atoms with van der Waals surface area (Å²) in [6.45, 7) is 0.350. The Labute approximate surface area is 79.0 Å². The first-order valence-electron chi connectivity index (χ1n) is 5.51. The highest BCUT2D eigenvalue weighted by molar-refractivity contribution is 5.04. The van der Waals surface area contributed by atoms with Gasteiger partial charge in [0.2, 0.25) is 0 Å². The van der Waals surface area contributed by atoms with Gasteiger partial charge in [-0.1, -0.05) is 0 Å². The van der Waals surface area contributed by atoms with E-state index in [4.69, 9.17) is 0 Å². The highest BCUT2D eigenvalue weighted by atomic mass is 16.3. The van der Waals surface area contributed by atoms with Crippen molar-refractivity contribution in [3.8, 4) is 0 Å². The quantitative estimate of drug-likeness (QED) is 0.639. The van der Waals surface area contributed by atoms with Crippen LogP contribution in [0.25, 0.3) is 0 Å². The molecule has 4 aliphatic carbocycles. The summed E-state index contributed by atoms with van der Waals surface area (Å²) in [6.07, 6.45) is 5.79. The van der Waals surface area contributed by atoms with Crippen molar-refractivity contribution in [2.45, 2.75) is 38.2 Å². The highest BCUT2D eigenvalue weighted by Gasteiger charge is 2.54. The van der Waals surface area contributed by atoms with Crippen LogP contribution >= 0.6 is 0 Å². The Morgan fingerprint density at radius 2 is 1.69 bits per heavy atom. The van der Waals surface area contributed by atoms with Crippen LogP contribution in [-0.2, 0) is 0 Å². The molecule has 4 rings (SSSR count). The second-order valence-corrected chi connectivity index (χ2v) is 5.62. The Morgan fingerprint density at radius 3 is 2.23 bits per heavy atom. The predicted molar refractivity (Wildman–Crippen MR) is 49.1 cm³/mol. The van der Waals surface area contributed by atoms with Crippen molar-refractivity contribution in [3.63, 3.8) is 0 Å². The van der Waals surface area contributed by atoms with E-state index >= 15 is 0 Å². The number of aliphatic hydroxyl groups excluding tert-OH is 2. The molecule has 0 spiro atoms. The van der Waals surface area contributed by atoms with Crippen LogP contribution in [0.4, 0.5) is 0 Å². The molecule has 0 unspecified atom stereocenters. The van der Waals surface area contributed by atoms with Gasteiger partial charge >= 0.3 is 0 Å². The van der Waals surface area contributed by atoms with E-state index in [1.165, 1.54) is 19.3 Å². The lowest BCUT2D eigenvalue weighted by atomic mass is 9.49. The first-order valence-corrected chi connectivity index (χ1v) is 5.51. The molecule has 0 aromatic heterocycles. The first kappa shape index (κ1) is 8.25. The van der Waals surface area contributed by atoms with E-state index < -0.39 is 0 Å². The van der Waals surface area contributed by atoms with Crippen molar-refractivity contribution in [2.24, 2.45) is 23.2 Å².